The number of hydrogen-bond acceptors (Lipinski definition) is 2. The summed E-state index contributed by atoms with van der Waals surface area (Å²) in [5.74, 6) is -0.907. The molecule has 2 rings (SSSR count). The van der Waals surface area contributed by atoms with Gasteiger partial charge in [0, 0.05) is 5.56 Å². The highest BCUT2D eigenvalue weighted by atomic mass is 19.1. The normalized spacial score (nSPS) is 22.7. The van der Waals surface area contributed by atoms with Gasteiger partial charge in [-0.3, -0.25) is 0 Å². The predicted octanol–water partition coefficient (Wildman–Crippen LogP) is 4.01. The molecule has 3 nitrogen and oxygen atoms in total. The van der Waals surface area contributed by atoms with Crippen LogP contribution in [0.2, 0.25) is 0 Å². The van der Waals surface area contributed by atoms with Gasteiger partial charge in [-0.15, -0.1) is 0 Å². The Kier molecular flexibility index (Phi) is 5.12. The fourth-order valence-corrected chi connectivity index (χ4v) is 2.77. The van der Waals surface area contributed by atoms with E-state index in [0.29, 0.717) is 11.5 Å². The largest absolute Gasteiger partial charge is 0.478 e. The number of ether oxygens (including phenoxy) is 1. The first-order chi connectivity index (χ1) is 9.60. The Morgan fingerprint density at radius 3 is 2.90 bits per heavy atom. The van der Waals surface area contributed by atoms with Crippen LogP contribution in [-0.2, 0) is 11.3 Å². The van der Waals surface area contributed by atoms with Gasteiger partial charge >= 0.3 is 5.97 Å². The van der Waals surface area contributed by atoms with Gasteiger partial charge < -0.3 is 9.84 Å². The van der Waals surface area contributed by atoms with Crippen molar-refractivity contribution in [1.29, 1.82) is 0 Å². The summed E-state index contributed by atoms with van der Waals surface area (Å²) in [6, 6.07) is 3.97. The summed E-state index contributed by atoms with van der Waals surface area (Å²) in [5.41, 5.74) is 0.392. The zero-order chi connectivity index (χ0) is 14.5. The summed E-state index contributed by atoms with van der Waals surface area (Å²) in [6.07, 6.45) is 5.88. The van der Waals surface area contributed by atoms with Crippen LogP contribution in [0.4, 0.5) is 4.39 Å². The number of benzene rings is 1. The second-order valence-corrected chi connectivity index (χ2v) is 5.49. The molecule has 0 heterocycles. The lowest BCUT2D eigenvalue weighted by atomic mass is 9.85. The van der Waals surface area contributed by atoms with Gasteiger partial charge in [0.2, 0.25) is 0 Å². The topological polar surface area (TPSA) is 46.5 Å². The molecule has 1 aromatic rings. The number of carboxylic acid groups (broad SMARTS) is 1. The van der Waals surface area contributed by atoms with E-state index in [1.54, 1.807) is 0 Å². The van der Waals surface area contributed by atoms with Gasteiger partial charge in [-0.1, -0.05) is 32.3 Å². The molecule has 0 radical (unpaired) electrons. The predicted molar refractivity (Wildman–Crippen MR) is 74.2 cm³/mol. The number of aromatic carboxylic acids is 1. The first-order valence-corrected chi connectivity index (χ1v) is 7.23. The average Bonchev–Trinajstić information content (AvgIpc) is 2.46. The molecule has 1 aliphatic rings. The molecule has 0 aliphatic heterocycles. The number of rotatable bonds is 5. The van der Waals surface area contributed by atoms with Crippen LogP contribution in [0, 0.1) is 11.7 Å². The summed E-state index contributed by atoms with van der Waals surface area (Å²) in [7, 11) is 0. The first-order valence-electron chi connectivity index (χ1n) is 7.23. The molecule has 0 saturated heterocycles. The summed E-state index contributed by atoms with van der Waals surface area (Å²) in [5, 5.41) is 8.79. The van der Waals surface area contributed by atoms with Gasteiger partial charge in [0.1, 0.15) is 5.82 Å². The summed E-state index contributed by atoms with van der Waals surface area (Å²) < 4.78 is 19.6. The molecule has 0 aromatic heterocycles. The zero-order valence-electron chi connectivity index (χ0n) is 11.8. The molecule has 1 N–H and O–H groups in total. The van der Waals surface area contributed by atoms with Crippen LogP contribution in [-0.4, -0.2) is 17.2 Å². The Balaban J connectivity index is 1.92. The summed E-state index contributed by atoms with van der Waals surface area (Å²) >= 11 is 0. The van der Waals surface area contributed by atoms with Gasteiger partial charge in [-0.05, 0) is 30.9 Å². The smallest absolute Gasteiger partial charge is 0.335 e. The SMILES string of the molecule is CCC1CCCC(OCc2ccc(C(=O)O)cc2F)C1. The summed E-state index contributed by atoms with van der Waals surface area (Å²) in [6.45, 7) is 2.41. The molecule has 2 atom stereocenters. The standard InChI is InChI=1S/C16H21FO3/c1-2-11-4-3-5-14(8-11)20-10-13-7-6-12(16(18)19)9-15(13)17/h6-7,9,11,14H,2-5,8,10H2,1H3,(H,18,19). The highest BCUT2D eigenvalue weighted by Crippen LogP contribution is 2.29. The van der Waals surface area contributed by atoms with Crippen LogP contribution in [0.5, 0.6) is 0 Å². The molecule has 1 saturated carbocycles. The lowest BCUT2D eigenvalue weighted by Gasteiger charge is -2.28. The molecule has 0 amide bonds. The number of halogens is 1. The number of carbonyl (C=O) groups is 1. The molecule has 0 spiro atoms. The molecule has 1 aliphatic carbocycles. The van der Waals surface area contributed by atoms with Crippen molar-refractivity contribution >= 4 is 5.97 Å². The molecule has 1 aromatic carbocycles. The van der Waals surface area contributed by atoms with E-state index >= 15 is 0 Å². The maximum Gasteiger partial charge on any atom is 0.335 e. The van der Waals surface area contributed by atoms with Crippen molar-refractivity contribution < 1.29 is 19.0 Å². The van der Waals surface area contributed by atoms with E-state index in [1.165, 1.54) is 31.4 Å². The monoisotopic (exact) mass is 280 g/mol. The lowest BCUT2D eigenvalue weighted by molar-refractivity contribution is 0.000639. The van der Waals surface area contributed by atoms with Gasteiger partial charge in [0.15, 0.2) is 0 Å². The molecular formula is C16H21FO3. The Morgan fingerprint density at radius 2 is 2.25 bits per heavy atom. The van der Waals surface area contributed by atoms with Crippen LogP contribution in [0.15, 0.2) is 18.2 Å². The molecule has 2 unspecified atom stereocenters. The number of hydrogen-bond donors (Lipinski definition) is 1. The third-order valence-electron chi connectivity index (χ3n) is 4.09. The second-order valence-electron chi connectivity index (χ2n) is 5.49. The fraction of sp³-hybridized carbons (Fsp3) is 0.562. The fourth-order valence-electron chi connectivity index (χ4n) is 2.77. The average molecular weight is 280 g/mol. The van der Waals surface area contributed by atoms with E-state index in [1.807, 2.05) is 0 Å². The number of carboxylic acids is 1. The van der Waals surface area contributed by atoms with E-state index in [0.717, 1.165) is 18.9 Å². The molecule has 1 fully saturated rings. The third kappa shape index (κ3) is 3.79. The van der Waals surface area contributed by atoms with Crippen LogP contribution in [0.1, 0.15) is 54.9 Å². The van der Waals surface area contributed by atoms with Crippen molar-refractivity contribution in [3.05, 3.63) is 35.1 Å². The van der Waals surface area contributed by atoms with Crippen LogP contribution < -0.4 is 0 Å². The minimum atomic E-state index is -1.12. The van der Waals surface area contributed by atoms with E-state index in [-0.39, 0.29) is 18.3 Å². The Labute approximate surface area is 118 Å². The van der Waals surface area contributed by atoms with Crippen molar-refractivity contribution in [2.24, 2.45) is 5.92 Å². The second kappa shape index (κ2) is 6.84. The maximum atomic E-state index is 13.8. The first kappa shape index (κ1) is 15.0. The van der Waals surface area contributed by atoms with Gasteiger partial charge in [0.25, 0.3) is 0 Å². The minimum Gasteiger partial charge on any atom is -0.478 e. The quantitative estimate of drug-likeness (QED) is 0.886. The molecule has 4 heteroatoms. The zero-order valence-corrected chi connectivity index (χ0v) is 11.8. The van der Waals surface area contributed by atoms with Crippen molar-refractivity contribution in [2.45, 2.75) is 51.7 Å². The van der Waals surface area contributed by atoms with E-state index < -0.39 is 11.8 Å². The van der Waals surface area contributed by atoms with Gasteiger partial charge in [0.05, 0.1) is 18.3 Å². The molecule has 110 valence electrons. The molecular weight excluding hydrogens is 259 g/mol. The van der Waals surface area contributed by atoms with E-state index in [2.05, 4.69) is 6.92 Å². The van der Waals surface area contributed by atoms with Crippen LogP contribution >= 0.6 is 0 Å². The summed E-state index contributed by atoms with van der Waals surface area (Å²) in [4.78, 5) is 10.7. The van der Waals surface area contributed by atoms with Crippen molar-refractivity contribution in [3.63, 3.8) is 0 Å². The van der Waals surface area contributed by atoms with Crippen molar-refractivity contribution in [3.8, 4) is 0 Å². The lowest BCUT2D eigenvalue weighted by Crippen LogP contribution is -2.22. The Morgan fingerprint density at radius 1 is 1.45 bits per heavy atom. The van der Waals surface area contributed by atoms with Crippen molar-refractivity contribution in [1.82, 2.24) is 0 Å². The molecule has 0 bridgehead atoms. The maximum absolute atomic E-state index is 13.8. The van der Waals surface area contributed by atoms with Gasteiger partial charge in [-0.25, -0.2) is 9.18 Å². The third-order valence-corrected chi connectivity index (χ3v) is 4.09. The van der Waals surface area contributed by atoms with Gasteiger partial charge in [-0.2, -0.15) is 0 Å². The highest BCUT2D eigenvalue weighted by molar-refractivity contribution is 5.87. The van der Waals surface area contributed by atoms with E-state index in [4.69, 9.17) is 9.84 Å². The Hall–Kier alpha value is -1.42. The Bertz CT molecular complexity index is 473. The molecule has 20 heavy (non-hydrogen) atoms. The van der Waals surface area contributed by atoms with Crippen LogP contribution in [0.3, 0.4) is 0 Å². The van der Waals surface area contributed by atoms with Crippen molar-refractivity contribution in [2.75, 3.05) is 0 Å². The highest BCUT2D eigenvalue weighted by Gasteiger charge is 2.21. The minimum absolute atomic E-state index is 0.0324. The van der Waals surface area contributed by atoms with E-state index in [9.17, 15) is 9.18 Å². The van der Waals surface area contributed by atoms with Crippen LogP contribution in [0.25, 0.3) is 0 Å².